The van der Waals surface area contributed by atoms with Gasteiger partial charge in [0, 0.05) is 31.9 Å². The Hall–Kier alpha value is -1.55. The number of carbonyl (C=O) groups excluding carboxylic acids is 1. The van der Waals surface area contributed by atoms with Crippen molar-refractivity contribution in [1.82, 2.24) is 9.80 Å². The van der Waals surface area contributed by atoms with Crippen molar-refractivity contribution in [3.63, 3.8) is 0 Å². The fourth-order valence-corrected chi connectivity index (χ4v) is 3.86. The molecule has 132 valence electrons. The molecule has 24 heavy (non-hydrogen) atoms. The number of hydrogen-bond donors (Lipinski definition) is 0. The molecule has 0 bridgehead atoms. The smallest absolute Gasteiger partial charge is 0.236 e. The molecule has 2 aliphatic heterocycles. The maximum atomic E-state index is 12.6. The minimum Gasteiger partial charge on any atom is -0.368 e. The highest BCUT2D eigenvalue weighted by molar-refractivity contribution is 5.78. The van der Waals surface area contributed by atoms with Gasteiger partial charge in [-0.05, 0) is 57.0 Å². The molecule has 0 N–H and O–H groups in total. The number of aryl methyl sites for hydroxylation is 1. The third kappa shape index (κ3) is 4.10. The number of carbonyl (C=O) groups is 1. The molecule has 2 aliphatic rings. The molecule has 0 unspecified atom stereocenters. The highest BCUT2D eigenvalue weighted by Crippen LogP contribution is 2.24. The van der Waals surface area contributed by atoms with Gasteiger partial charge in [0.25, 0.3) is 0 Å². The molecule has 2 saturated heterocycles. The van der Waals surface area contributed by atoms with E-state index in [9.17, 15) is 4.79 Å². The van der Waals surface area contributed by atoms with E-state index in [1.807, 2.05) is 0 Å². The zero-order valence-corrected chi connectivity index (χ0v) is 15.3. The van der Waals surface area contributed by atoms with E-state index in [0.717, 1.165) is 39.3 Å². The van der Waals surface area contributed by atoms with Crippen molar-refractivity contribution in [3.05, 3.63) is 29.3 Å². The van der Waals surface area contributed by atoms with Crippen molar-refractivity contribution in [2.24, 2.45) is 0 Å². The molecule has 2 heterocycles. The van der Waals surface area contributed by atoms with E-state index in [1.165, 1.54) is 42.5 Å². The van der Waals surface area contributed by atoms with Crippen LogP contribution in [0.2, 0.25) is 0 Å². The van der Waals surface area contributed by atoms with Crippen LogP contribution in [0.15, 0.2) is 18.2 Å². The molecular weight excluding hydrogens is 298 g/mol. The summed E-state index contributed by atoms with van der Waals surface area (Å²) in [5.74, 6) is 0.317. The Bertz CT molecular complexity index is 556. The summed E-state index contributed by atoms with van der Waals surface area (Å²) < 4.78 is 0. The number of anilines is 1. The lowest BCUT2D eigenvalue weighted by molar-refractivity contribution is -0.132. The van der Waals surface area contributed by atoms with Crippen molar-refractivity contribution in [1.29, 1.82) is 0 Å². The van der Waals surface area contributed by atoms with E-state index < -0.39 is 0 Å². The molecule has 0 atom stereocenters. The molecule has 0 aliphatic carbocycles. The standard InChI is InChI=1S/C20H31N3O/c1-17-8-7-9-19(18(17)2)22-12-14-23(15-13-22)20(24)16-21-10-5-3-4-6-11-21/h7-9H,3-6,10-16H2,1-2H3. The number of benzene rings is 1. The van der Waals surface area contributed by atoms with Crippen LogP contribution in [0.25, 0.3) is 0 Å². The molecular formula is C20H31N3O. The van der Waals surface area contributed by atoms with Gasteiger partial charge in [-0.3, -0.25) is 9.69 Å². The Morgan fingerprint density at radius 1 is 0.917 bits per heavy atom. The van der Waals surface area contributed by atoms with E-state index in [4.69, 9.17) is 0 Å². The van der Waals surface area contributed by atoms with Gasteiger partial charge < -0.3 is 9.80 Å². The van der Waals surface area contributed by atoms with Crippen LogP contribution < -0.4 is 4.90 Å². The van der Waals surface area contributed by atoms with Gasteiger partial charge >= 0.3 is 0 Å². The maximum absolute atomic E-state index is 12.6. The van der Waals surface area contributed by atoms with Crippen molar-refractivity contribution in [3.8, 4) is 0 Å². The molecule has 0 spiro atoms. The minimum atomic E-state index is 0.317. The predicted molar refractivity (Wildman–Crippen MR) is 99.6 cm³/mol. The predicted octanol–water partition coefficient (Wildman–Crippen LogP) is 2.83. The van der Waals surface area contributed by atoms with Gasteiger partial charge in [-0.2, -0.15) is 0 Å². The van der Waals surface area contributed by atoms with Crippen molar-refractivity contribution >= 4 is 11.6 Å². The molecule has 1 aromatic rings. The van der Waals surface area contributed by atoms with E-state index in [2.05, 4.69) is 46.7 Å². The van der Waals surface area contributed by atoms with Gasteiger partial charge in [0.05, 0.1) is 6.54 Å². The highest BCUT2D eigenvalue weighted by atomic mass is 16.2. The molecule has 4 nitrogen and oxygen atoms in total. The number of hydrogen-bond acceptors (Lipinski definition) is 3. The van der Waals surface area contributed by atoms with Gasteiger partial charge in [0.15, 0.2) is 0 Å². The van der Waals surface area contributed by atoms with E-state index >= 15 is 0 Å². The zero-order chi connectivity index (χ0) is 16.9. The monoisotopic (exact) mass is 329 g/mol. The number of rotatable bonds is 3. The quantitative estimate of drug-likeness (QED) is 0.853. The third-order valence-electron chi connectivity index (χ3n) is 5.61. The minimum absolute atomic E-state index is 0.317. The molecule has 0 saturated carbocycles. The largest absolute Gasteiger partial charge is 0.368 e. The summed E-state index contributed by atoms with van der Waals surface area (Å²) in [4.78, 5) is 19.5. The average molecular weight is 329 g/mol. The summed E-state index contributed by atoms with van der Waals surface area (Å²) in [7, 11) is 0. The summed E-state index contributed by atoms with van der Waals surface area (Å²) in [6.45, 7) is 10.7. The Morgan fingerprint density at radius 3 is 2.25 bits per heavy atom. The summed E-state index contributed by atoms with van der Waals surface area (Å²) >= 11 is 0. The lowest BCUT2D eigenvalue weighted by Crippen LogP contribution is -2.51. The first-order valence-corrected chi connectivity index (χ1v) is 9.46. The second-order valence-electron chi connectivity index (χ2n) is 7.28. The first-order chi connectivity index (χ1) is 11.6. The summed E-state index contributed by atoms with van der Waals surface area (Å²) in [5.41, 5.74) is 4.03. The second kappa shape index (κ2) is 8.02. The normalized spacial score (nSPS) is 20.1. The fraction of sp³-hybridized carbons (Fsp3) is 0.650. The Balaban J connectivity index is 1.52. The Morgan fingerprint density at radius 2 is 1.58 bits per heavy atom. The molecule has 4 heteroatoms. The van der Waals surface area contributed by atoms with Crippen LogP contribution in [-0.2, 0) is 4.79 Å². The number of amides is 1. The van der Waals surface area contributed by atoms with Crippen LogP contribution in [-0.4, -0.2) is 61.5 Å². The topological polar surface area (TPSA) is 26.8 Å². The van der Waals surface area contributed by atoms with Gasteiger partial charge in [0.1, 0.15) is 0 Å². The molecule has 3 rings (SSSR count). The zero-order valence-electron chi connectivity index (χ0n) is 15.3. The lowest BCUT2D eigenvalue weighted by atomic mass is 10.1. The van der Waals surface area contributed by atoms with E-state index in [1.54, 1.807) is 0 Å². The lowest BCUT2D eigenvalue weighted by Gasteiger charge is -2.37. The fourth-order valence-electron chi connectivity index (χ4n) is 3.86. The van der Waals surface area contributed by atoms with Crippen LogP contribution in [0.5, 0.6) is 0 Å². The van der Waals surface area contributed by atoms with Crippen LogP contribution in [0.4, 0.5) is 5.69 Å². The van der Waals surface area contributed by atoms with Crippen LogP contribution in [0, 0.1) is 13.8 Å². The first kappa shape index (κ1) is 17.3. The van der Waals surface area contributed by atoms with E-state index in [-0.39, 0.29) is 0 Å². The van der Waals surface area contributed by atoms with E-state index in [0.29, 0.717) is 12.5 Å². The van der Waals surface area contributed by atoms with Crippen molar-refractivity contribution < 1.29 is 4.79 Å². The average Bonchev–Trinajstić information content (AvgIpc) is 2.86. The van der Waals surface area contributed by atoms with Crippen molar-refractivity contribution in [2.75, 3.05) is 50.7 Å². The maximum Gasteiger partial charge on any atom is 0.236 e. The van der Waals surface area contributed by atoms with Crippen molar-refractivity contribution in [2.45, 2.75) is 39.5 Å². The highest BCUT2D eigenvalue weighted by Gasteiger charge is 2.23. The first-order valence-electron chi connectivity index (χ1n) is 9.46. The summed E-state index contributed by atoms with van der Waals surface area (Å²) in [5, 5.41) is 0. The molecule has 1 aromatic carbocycles. The van der Waals surface area contributed by atoms with Crippen LogP contribution in [0.1, 0.15) is 36.8 Å². The van der Waals surface area contributed by atoms with Gasteiger partial charge in [-0.15, -0.1) is 0 Å². The third-order valence-corrected chi connectivity index (χ3v) is 5.61. The van der Waals surface area contributed by atoms with Gasteiger partial charge in [-0.25, -0.2) is 0 Å². The molecule has 0 radical (unpaired) electrons. The summed E-state index contributed by atoms with van der Waals surface area (Å²) in [6.07, 6.45) is 5.12. The second-order valence-corrected chi connectivity index (χ2v) is 7.28. The molecule has 2 fully saturated rings. The Kier molecular flexibility index (Phi) is 5.77. The number of likely N-dealkylation sites (tertiary alicyclic amines) is 1. The van der Waals surface area contributed by atoms with Gasteiger partial charge in [-0.1, -0.05) is 25.0 Å². The van der Waals surface area contributed by atoms with Crippen LogP contribution in [0.3, 0.4) is 0 Å². The number of nitrogens with zero attached hydrogens (tertiary/aromatic N) is 3. The number of piperazine rings is 1. The van der Waals surface area contributed by atoms with Crippen LogP contribution >= 0.6 is 0 Å². The summed E-state index contributed by atoms with van der Waals surface area (Å²) in [6, 6.07) is 6.51. The Labute approximate surface area is 146 Å². The molecule has 1 amide bonds. The SMILES string of the molecule is Cc1cccc(N2CCN(C(=O)CN3CCCCCC3)CC2)c1C. The van der Waals surface area contributed by atoms with Gasteiger partial charge in [0.2, 0.25) is 5.91 Å². The molecule has 0 aromatic heterocycles.